The SMILES string of the molecule is O=C(CCCN1C(=O)CCC1=O)OO. The van der Waals surface area contributed by atoms with Crippen LogP contribution in [0.15, 0.2) is 0 Å². The molecule has 0 spiro atoms. The molecule has 0 radical (unpaired) electrons. The lowest BCUT2D eigenvalue weighted by atomic mass is 10.3. The Morgan fingerprint density at radius 3 is 2.43 bits per heavy atom. The van der Waals surface area contributed by atoms with Crippen LogP contribution in [-0.2, 0) is 19.3 Å². The van der Waals surface area contributed by atoms with Gasteiger partial charge in [-0.05, 0) is 6.42 Å². The first kappa shape index (κ1) is 10.6. The van der Waals surface area contributed by atoms with E-state index in [1.165, 1.54) is 0 Å². The maximum Gasteiger partial charge on any atom is 0.342 e. The summed E-state index contributed by atoms with van der Waals surface area (Å²) in [5.41, 5.74) is 0. The van der Waals surface area contributed by atoms with Gasteiger partial charge in [-0.1, -0.05) is 0 Å². The minimum atomic E-state index is -0.760. The molecule has 14 heavy (non-hydrogen) atoms. The first-order valence-electron chi connectivity index (χ1n) is 4.32. The van der Waals surface area contributed by atoms with Gasteiger partial charge in [0.1, 0.15) is 0 Å². The zero-order valence-corrected chi connectivity index (χ0v) is 7.56. The fourth-order valence-electron chi connectivity index (χ4n) is 1.30. The Labute approximate surface area is 80.4 Å². The number of hydrogen-bond donors (Lipinski definition) is 1. The number of rotatable bonds is 4. The summed E-state index contributed by atoms with van der Waals surface area (Å²) >= 11 is 0. The lowest BCUT2D eigenvalue weighted by molar-refractivity contribution is -0.234. The average Bonchev–Trinajstić information content (AvgIpc) is 2.48. The largest absolute Gasteiger partial charge is 0.342 e. The third-order valence-electron chi connectivity index (χ3n) is 2.02. The molecule has 0 bridgehead atoms. The van der Waals surface area contributed by atoms with Gasteiger partial charge in [-0.25, -0.2) is 4.79 Å². The third kappa shape index (κ3) is 2.53. The van der Waals surface area contributed by atoms with Gasteiger partial charge in [0.25, 0.3) is 0 Å². The Bertz CT molecular complexity index is 246. The number of amides is 2. The minimum Gasteiger partial charge on any atom is -0.301 e. The molecule has 1 aliphatic rings. The highest BCUT2D eigenvalue weighted by Crippen LogP contribution is 2.12. The van der Waals surface area contributed by atoms with Gasteiger partial charge in [0, 0.05) is 19.4 Å². The first-order chi connectivity index (χ1) is 6.65. The number of hydrogen-bond acceptors (Lipinski definition) is 5. The van der Waals surface area contributed by atoms with Gasteiger partial charge in [-0.3, -0.25) is 14.5 Å². The van der Waals surface area contributed by atoms with Gasteiger partial charge >= 0.3 is 5.97 Å². The number of nitrogens with zero attached hydrogens (tertiary/aromatic N) is 1. The fourth-order valence-corrected chi connectivity index (χ4v) is 1.30. The lowest BCUT2D eigenvalue weighted by Gasteiger charge is -2.12. The number of carbonyl (C=O) groups is 3. The van der Waals surface area contributed by atoms with E-state index in [0.29, 0.717) is 6.42 Å². The van der Waals surface area contributed by atoms with Gasteiger partial charge in [0.05, 0.1) is 6.42 Å². The van der Waals surface area contributed by atoms with Crippen molar-refractivity contribution >= 4 is 17.8 Å². The van der Waals surface area contributed by atoms with E-state index < -0.39 is 5.97 Å². The summed E-state index contributed by atoms with van der Waals surface area (Å²) < 4.78 is 0. The molecule has 0 saturated carbocycles. The zero-order valence-electron chi connectivity index (χ0n) is 7.56. The molecule has 0 aliphatic carbocycles. The van der Waals surface area contributed by atoms with Crippen LogP contribution in [0.25, 0.3) is 0 Å². The van der Waals surface area contributed by atoms with Gasteiger partial charge in [0.15, 0.2) is 0 Å². The van der Waals surface area contributed by atoms with E-state index in [9.17, 15) is 14.4 Å². The average molecular weight is 201 g/mol. The van der Waals surface area contributed by atoms with Crippen molar-refractivity contribution in [3.8, 4) is 0 Å². The van der Waals surface area contributed by atoms with E-state index in [1.807, 2.05) is 0 Å². The van der Waals surface area contributed by atoms with E-state index in [2.05, 4.69) is 4.89 Å². The van der Waals surface area contributed by atoms with Crippen LogP contribution in [0.2, 0.25) is 0 Å². The summed E-state index contributed by atoms with van der Waals surface area (Å²) in [6.07, 6.45) is 0.816. The van der Waals surface area contributed by atoms with Crippen molar-refractivity contribution in [2.45, 2.75) is 25.7 Å². The second-order valence-electron chi connectivity index (χ2n) is 3.01. The summed E-state index contributed by atoms with van der Waals surface area (Å²) in [6, 6.07) is 0. The first-order valence-corrected chi connectivity index (χ1v) is 4.32. The second-order valence-corrected chi connectivity index (χ2v) is 3.01. The smallest absolute Gasteiger partial charge is 0.301 e. The van der Waals surface area contributed by atoms with Crippen molar-refractivity contribution in [3.63, 3.8) is 0 Å². The summed E-state index contributed by atoms with van der Waals surface area (Å²) in [4.78, 5) is 37.2. The van der Waals surface area contributed by atoms with Crippen molar-refractivity contribution in [1.29, 1.82) is 0 Å². The van der Waals surface area contributed by atoms with Crippen molar-refractivity contribution in [2.24, 2.45) is 0 Å². The summed E-state index contributed by atoms with van der Waals surface area (Å²) in [5, 5.41) is 7.93. The summed E-state index contributed by atoms with van der Waals surface area (Å²) in [7, 11) is 0. The van der Waals surface area contributed by atoms with Crippen LogP contribution >= 0.6 is 0 Å². The molecule has 0 aromatic heterocycles. The normalized spacial score (nSPS) is 16.2. The predicted molar refractivity (Wildman–Crippen MR) is 43.9 cm³/mol. The molecule has 6 heteroatoms. The quantitative estimate of drug-likeness (QED) is 0.391. The van der Waals surface area contributed by atoms with Crippen LogP contribution in [0, 0.1) is 0 Å². The van der Waals surface area contributed by atoms with Crippen LogP contribution in [0.3, 0.4) is 0 Å². The van der Waals surface area contributed by atoms with Crippen LogP contribution in [0.4, 0.5) is 0 Å². The van der Waals surface area contributed by atoms with E-state index in [0.717, 1.165) is 4.90 Å². The van der Waals surface area contributed by atoms with E-state index in [1.54, 1.807) is 0 Å². The molecule has 1 heterocycles. The maximum atomic E-state index is 11.1. The molecular formula is C8H11NO5. The fraction of sp³-hybridized carbons (Fsp3) is 0.625. The van der Waals surface area contributed by atoms with Gasteiger partial charge < -0.3 is 4.89 Å². The molecule has 78 valence electrons. The highest BCUT2D eigenvalue weighted by atomic mass is 17.1. The highest BCUT2D eigenvalue weighted by Gasteiger charge is 2.28. The van der Waals surface area contributed by atoms with Crippen molar-refractivity contribution < 1.29 is 24.5 Å². The third-order valence-corrected chi connectivity index (χ3v) is 2.02. The molecule has 1 aliphatic heterocycles. The molecule has 0 aromatic rings. The second kappa shape index (κ2) is 4.71. The Kier molecular flexibility index (Phi) is 3.58. The molecule has 6 nitrogen and oxygen atoms in total. The standard InChI is InChI=1S/C8H11NO5/c10-6-3-4-7(11)9(6)5-1-2-8(12)14-13/h13H,1-5H2. The van der Waals surface area contributed by atoms with Crippen molar-refractivity contribution in [3.05, 3.63) is 0 Å². The van der Waals surface area contributed by atoms with Crippen LogP contribution < -0.4 is 0 Å². The van der Waals surface area contributed by atoms with Crippen molar-refractivity contribution in [1.82, 2.24) is 4.90 Å². The Hall–Kier alpha value is -1.43. The van der Waals surface area contributed by atoms with Gasteiger partial charge in [0.2, 0.25) is 11.8 Å². The lowest BCUT2D eigenvalue weighted by Crippen LogP contribution is -2.30. The number of likely N-dealkylation sites (tertiary alicyclic amines) is 1. The van der Waals surface area contributed by atoms with Gasteiger partial charge in [-0.15, -0.1) is 0 Å². The molecular weight excluding hydrogens is 190 g/mol. The molecule has 0 atom stereocenters. The molecule has 1 saturated heterocycles. The molecule has 0 unspecified atom stereocenters. The molecule has 2 amide bonds. The maximum absolute atomic E-state index is 11.1. The zero-order chi connectivity index (χ0) is 10.6. The predicted octanol–water partition coefficient (Wildman–Crippen LogP) is -0.0682. The molecule has 1 fully saturated rings. The molecule has 1 N–H and O–H groups in total. The summed E-state index contributed by atoms with van der Waals surface area (Å²) in [6.45, 7) is 0.215. The minimum absolute atomic E-state index is 0.00639. The molecule has 0 aromatic carbocycles. The summed E-state index contributed by atoms with van der Waals surface area (Å²) in [5.74, 6) is -1.16. The van der Waals surface area contributed by atoms with E-state index in [-0.39, 0.29) is 37.6 Å². The monoisotopic (exact) mass is 201 g/mol. The van der Waals surface area contributed by atoms with Crippen molar-refractivity contribution in [2.75, 3.05) is 6.54 Å². The number of carbonyl (C=O) groups excluding carboxylic acids is 3. The Morgan fingerprint density at radius 2 is 1.93 bits per heavy atom. The van der Waals surface area contributed by atoms with E-state index >= 15 is 0 Å². The molecule has 1 rings (SSSR count). The topological polar surface area (TPSA) is 83.9 Å². The van der Waals surface area contributed by atoms with Crippen LogP contribution in [0.5, 0.6) is 0 Å². The van der Waals surface area contributed by atoms with Gasteiger partial charge in [-0.2, -0.15) is 5.26 Å². The van der Waals surface area contributed by atoms with Crippen LogP contribution in [0.1, 0.15) is 25.7 Å². The van der Waals surface area contributed by atoms with E-state index in [4.69, 9.17) is 5.26 Å². The Balaban J connectivity index is 2.27. The Morgan fingerprint density at radius 1 is 1.36 bits per heavy atom. The number of imide groups is 1. The van der Waals surface area contributed by atoms with Crippen LogP contribution in [-0.4, -0.2) is 34.5 Å². The highest BCUT2D eigenvalue weighted by molar-refractivity contribution is 6.01.